The Morgan fingerprint density at radius 3 is 1.92 bits per heavy atom. The molecule has 6 aromatic rings. The number of rotatable bonds is 5. The zero-order valence-electron chi connectivity index (χ0n) is 19.8. The van der Waals surface area contributed by atoms with Crippen LogP contribution in [0.4, 0.5) is 0 Å². The van der Waals surface area contributed by atoms with E-state index in [2.05, 4.69) is 28.7 Å². The molecule has 0 fully saturated rings. The van der Waals surface area contributed by atoms with E-state index in [0.29, 0.717) is 16.5 Å². The van der Waals surface area contributed by atoms with Crippen LogP contribution in [0.2, 0.25) is 5.02 Å². The number of aromatic nitrogens is 3. The summed E-state index contributed by atoms with van der Waals surface area (Å²) in [5, 5.41) is 1.53. The number of imidazole rings is 1. The van der Waals surface area contributed by atoms with Crippen molar-refractivity contribution in [1.29, 1.82) is 0 Å². The number of hydrogen-bond acceptors (Lipinski definition) is 4. The molecular weight excluding hydrogens is 470 g/mol. The molecule has 0 aliphatic rings. The Labute approximate surface area is 213 Å². The standard InChI is InChI=1S/C30H22ClN3O2/c1-35-25-17-23-24(18-26(25)36-2)32-29(21-13-15-22(31)16-14-21)34-28(20-11-7-4-8-12-20)27(33-30(23)34)19-9-5-3-6-10-19/h3-18H,1-2H3. The van der Waals surface area contributed by atoms with Gasteiger partial charge in [0.15, 0.2) is 11.5 Å². The molecule has 0 saturated heterocycles. The molecular formula is C30H22ClN3O2. The summed E-state index contributed by atoms with van der Waals surface area (Å²) in [4.78, 5) is 10.3. The van der Waals surface area contributed by atoms with Gasteiger partial charge in [-0.2, -0.15) is 0 Å². The molecule has 0 aliphatic carbocycles. The number of halogens is 1. The largest absolute Gasteiger partial charge is 0.493 e. The maximum atomic E-state index is 6.23. The van der Waals surface area contributed by atoms with Crippen LogP contribution >= 0.6 is 11.6 Å². The van der Waals surface area contributed by atoms with Crippen molar-refractivity contribution in [3.8, 4) is 45.4 Å². The summed E-state index contributed by atoms with van der Waals surface area (Å²) in [5.74, 6) is 2.00. The Kier molecular flexibility index (Phi) is 5.55. The summed E-state index contributed by atoms with van der Waals surface area (Å²) in [6.45, 7) is 0. The van der Waals surface area contributed by atoms with Crippen LogP contribution in [0.15, 0.2) is 97.1 Å². The molecule has 0 atom stereocenters. The van der Waals surface area contributed by atoms with E-state index in [1.54, 1.807) is 14.2 Å². The third-order valence-corrected chi connectivity index (χ3v) is 6.51. The smallest absolute Gasteiger partial charge is 0.162 e. The van der Waals surface area contributed by atoms with Gasteiger partial charge >= 0.3 is 0 Å². The van der Waals surface area contributed by atoms with Gasteiger partial charge in [-0.05, 0) is 30.3 Å². The van der Waals surface area contributed by atoms with Gasteiger partial charge in [-0.3, -0.25) is 4.40 Å². The van der Waals surface area contributed by atoms with Gasteiger partial charge in [0.2, 0.25) is 0 Å². The molecule has 6 heteroatoms. The minimum atomic E-state index is 0.613. The van der Waals surface area contributed by atoms with E-state index < -0.39 is 0 Å². The lowest BCUT2D eigenvalue weighted by molar-refractivity contribution is 0.356. The number of hydrogen-bond donors (Lipinski definition) is 0. The van der Waals surface area contributed by atoms with Gasteiger partial charge < -0.3 is 9.47 Å². The molecule has 5 nitrogen and oxygen atoms in total. The molecule has 0 N–H and O–H groups in total. The lowest BCUT2D eigenvalue weighted by atomic mass is 10.0. The van der Waals surface area contributed by atoms with Gasteiger partial charge in [-0.1, -0.05) is 72.3 Å². The monoisotopic (exact) mass is 491 g/mol. The number of ether oxygens (including phenoxy) is 2. The van der Waals surface area contributed by atoms with Crippen LogP contribution in [-0.4, -0.2) is 28.6 Å². The Hall–Kier alpha value is -4.35. The fourth-order valence-corrected chi connectivity index (χ4v) is 4.69. The summed E-state index contributed by atoms with van der Waals surface area (Å²) in [6.07, 6.45) is 0. The highest BCUT2D eigenvalue weighted by Gasteiger charge is 2.23. The fraction of sp³-hybridized carbons (Fsp3) is 0.0667. The van der Waals surface area contributed by atoms with Crippen LogP contribution < -0.4 is 9.47 Å². The van der Waals surface area contributed by atoms with Gasteiger partial charge in [0, 0.05) is 33.2 Å². The van der Waals surface area contributed by atoms with Gasteiger partial charge in [0.05, 0.1) is 31.1 Å². The topological polar surface area (TPSA) is 48.7 Å². The minimum Gasteiger partial charge on any atom is -0.493 e. The van der Waals surface area contributed by atoms with E-state index in [9.17, 15) is 0 Å². The fourth-order valence-electron chi connectivity index (χ4n) is 4.56. The van der Waals surface area contributed by atoms with E-state index in [1.807, 2.05) is 72.8 Å². The second-order valence-electron chi connectivity index (χ2n) is 8.37. The van der Waals surface area contributed by atoms with E-state index in [1.165, 1.54) is 0 Å². The first-order valence-electron chi connectivity index (χ1n) is 11.5. The quantitative estimate of drug-likeness (QED) is 0.250. The molecule has 4 aromatic carbocycles. The van der Waals surface area contributed by atoms with Crippen molar-refractivity contribution in [3.63, 3.8) is 0 Å². The van der Waals surface area contributed by atoms with Gasteiger partial charge in [-0.15, -0.1) is 0 Å². The molecule has 0 aliphatic heterocycles. The molecule has 176 valence electrons. The van der Waals surface area contributed by atoms with Crippen molar-refractivity contribution >= 4 is 28.2 Å². The second-order valence-corrected chi connectivity index (χ2v) is 8.80. The predicted octanol–water partition coefficient (Wildman–Crippen LogP) is 7.55. The number of benzene rings is 4. The summed E-state index contributed by atoms with van der Waals surface area (Å²) in [6, 6.07) is 32.0. The molecule has 2 aromatic heterocycles. The first-order valence-corrected chi connectivity index (χ1v) is 11.9. The Balaban J connectivity index is 1.82. The molecule has 6 rings (SSSR count). The van der Waals surface area contributed by atoms with Crippen molar-refractivity contribution in [2.24, 2.45) is 0 Å². The highest BCUT2D eigenvalue weighted by molar-refractivity contribution is 6.30. The third-order valence-electron chi connectivity index (χ3n) is 6.26. The first kappa shape index (κ1) is 22.1. The molecule has 0 spiro atoms. The molecule has 36 heavy (non-hydrogen) atoms. The zero-order valence-corrected chi connectivity index (χ0v) is 20.5. The minimum absolute atomic E-state index is 0.613. The lowest BCUT2D eigenvalue weighted by Gasteiger charge is -2.14. The second kappa shape index (κ2) is 9.02. The average Bonchev–Trinajstić information content (AvgIpc) is 3.34. The van der Waals surface area contributed by atoms with E-state index in [0.717, 1.165) is 50.5 Å². The summed E-state index contributed by atoms with van der Waals surface area (Å²) >= 11 is 6.23. The van der Waals surface area contributed by atoms with E-state index >= 15 is 0 Å². The number of fused-ring (bicyclic) bond motifs is 3. The molecule has 0 radical (unpaired) electrons. The Morgan fingerprint density at radius 2 is 1.28 bits per heavy atom. The predicted molar refractivity (Wildman–Crippen MR) is 145 cm³/mol. The van der Waals surface area contributed by atoms with Gasteiger partial charge in [0.1, 0.15) is 11.5 Å². The Bertz CT molecular complexity index is 1700. The van der Waals surface area contributed by atoms with Crippen LogP contribution in [0.25, 0.3) is 50.5 Å². The normalized spacial score (nSPS) is 11.2. The molecule has 2 heterocycles. The zero-order chi connectivity index (χ0) is 24.6. The molecule has 0 saturated carbocycles. The SMILES string of the molecule is COc1cc2nc(-c3ccc(Cl)cc3)n3c(-c4ccccc4)c(-c4ccccc4)nc3c2cc1OC. The van der Waals surface area contributed by atoms with E-state index in [4.69, 9.17) is 31.0 Å². The lowest BCUT2D eigenvalue weighted by Crippen LogP contribution is -2.01. The van der Waals surface area contributed by atoms with Crippen molar-refractivity contribution in [3.05, 3.63) is 102 Å². The van der Waals surface area contributed by atoms with Crippen LogP contribution in [0, 0.1) is 0 Å². The first-order chi connectivity index (χ1) is 17.7. The number of methoxy groups -OCH3 is 2. The summed E-state index contributed by atoms with van der Waals surface area (Å²) in [7, 11) is 3.26. The Morgan fingerprint density at radius 1 is 0.667 bits per heavy atom. The van der Waals surface area contributed by atoms with Crippen molar-refractivity contribution in [2.75, 3.05) is 14.2 Å². The van der Waals surface area contributed by atoms with Gasteiger partial charge in [0.25, 0.3) is 0 Å². The summed E-state index contributed by atoms with van der Waals surface area (Å²) in [5.41, 5.74) is 6.37. The molecule has 0 bridgehead atoms. The molecule has 0 amide bonds. The molecule has 0 unspecified atom stereocenters. The van der Waals surface area contributed by atoms with Crippen LogP contribution in [-0.2, 0) is 0 Å². The highest BCUT2D eigenvalue weighted by Crippen LogP contribution is 2.40. The number of nitrogens with zero attached hydrogens (tertiary/aromatic N) is 3. The maximum absolute atomic E-state index is 6.23. The highest BCUT2D eigenvalue weighted by atomic mass is 35.5. The summed E-state index contributed by atoms with van der Waals surface area (Å²) < 4.78 is 13.3. The van der Waals surface area contributed by atoms with Crippen LogP contribution in [0.3, 0.4) is 0 Å². The van der Waals surface area contributed by atoms with Crippen molar-refractivity contribution < 1.29 is 9.47 Å². The van der Waals surface area contributed by atoms with Crippen molar-refractivity contribution in [2.45, 2.75) is 0 Å². The maximum Gasteiger partial charge on any atom is 0.162 e. The van der Waals surface area contributed by atoms with E-state index in [-0.39, 0.29) is 0 Å². The third kappa shape index (κ3) is 3.65. The van der Waals surface area contributed by atoms with Crippen LogP contribution in [0.5, 0.6) is 11.5 Å². The van der Waals surface area contributed by atoms with Gasteiger partial charge in [-0.25, -0.2) is 9.97 Å². The van der Waals surface area contributed by atoms with Crippen molar-refractivity contribution in [1.82, 2.24) is 14.4 Å². The average molecular weight is 492 g/mol. The van der Waals surface area contributed by atoms with Crippen LogP contribution in [0.1, 0.15) is 0 Å².